The molecule has 2 amide bonds. The van der Waals surface area contributed by atoms with E-state index < -0.39 is 17.6 Å². The summed E-state index contributed by atoms with van der Waals surface area (Å²) < 4.78 is 15.5. The number of carbonyl (C=O) groups excluding carboxylic acids is 2. The molecule has 3 aromatic carbocycles. The molecule has 0 aliphatic carbocycles. The topological polar surface area (TPSA) is 43.9 Å². The Morgan fingerprint density at radius 1 is 0.919 bits per heavy atom. The molecule has 0 saturated carbocycles. The van der Waals surface area contributed by atoms with Crippen LogP contribution in [0.1, 0.15) is 44.2 Å². The quantitative estimate of drug-likeness (QED) is 0.234. The second-order valence-electron chi connectivity index (χ2n) is 10.2. The predicted molar refractivity (Wildman–Crippen MR) is 150 cm³/mol. The van der Waals surface area contributed by atoms with E-state index in [-0.39, 0.29) is 27.7 Å². The second kappa shape index (κ2) is 9.23. The number of hydrogen-bond donors (Lipinski definition) is 0. The van der Waals surface area contributed by atoms with Gasteiger partial charge in [-0.05, 0) is 86.4 Å². The van der Waals surface area contributed by atoms with Gasteiger partial charge < -0.3 is 4.90 Å². The number of amides is 2. The number of fused-ring (bicyclic) bond motifs is 1. The maximum atomic E-state index is 15.5. The predicted octanol–water partition coefficient (Wildman–Crippen LogP) is 6.30. The molecule has 0 bridgehead atoms. The average molecular weight is 514 g/mol. The number of benzene rings is 3. The molecule has 188 valence electrons. The van der Waals surface area contributed by atoms with Crippen LogP contribution in [0.3, 0.4) is 0 Å². The molecule has 0 N–H and O–H groups in total. The molecule has 3 aromatic rings. The molecule has 2 aliphatic heterocycles. The minimum absolute atomic E-state index is 0.0490. The van der Waals surface area contributed by atoms with Crippen molar-refractivity contribution in [3.8, 4) is 0 Å². The third-order valence-electron chi connectivity index (χ3n) is 7.33. The number of carbonyl (C=O) groups is 2. The Kier molecular flexibility index (Phi) is 6.20. The molecular weight excluding hydrogens is 485 g/mol. The van der Waals surface area contributed by atoms with Gasteiger partial charge in [-0.25, -0.2) is 4.39 Å². The first-order valence-electron chi connectivity index (χ1n) is 12.2. The molecule has 1 fully saturated rings. The number of halogens is 1. The van der Waals surface area contributed by atoms with Crippen LogP contribution in [0.15, 0.2) is 78.4 Å². The van der Waals surface area contributed by atoms with E-state index in [4.69, 9.17) is 12.2 Å². The fraction of sp³-hybridized carbons (Fsp3) is 0.233. The van der Waals surface area contributed by atoms with E-state index in [1.54, 1.807) is 54.6 Å². The van der Waals surface area contributed by atoms with E-state index >= 15 is 4.39 Å². The molecule has 5 rings (SSSR count). The zero-order valence-electron chi connectivity index (χ0n) is 21.2. The first-order valence-corrected chi connectivity index (χ1v) is 12.6. The Labute approximate surface area is 221 Å². The molecule has 1 saturated heterocycles. The van der Waals surface area contributed by atoms with Gasteiger partial charge in [0.25, 0.3) is 11.8 Å². The van der Waals surface area contributed by atoms with Crippen LogP contribution in [0.5, 0.6) is 0 Å². The first kappa shape index (κ1) is 24.8. The van der Waals surface area contributed by atoms with Crippen molar-refractivity contribution in [1.82, 2.24) is 0 Å². The van der Waals surface area contributed by atoms with Crippen molar-refractivity contribution in [3.05, 3.63) is 95.3 Å². The molecule has 0 radical (unpaired) electrons. The smallest absolute Gasteiger partial charge is 0.270 e. The Balaban J connectivity index is 1.65. The lowest BCUT2D eigenvalue weighted by Crippen LogP contribution is -2.56. The highest BCUT2D eigenvalue weighted by atomic mass is 32.1. The summed E-state index contributed by atoms with van der Waals surface area (Å²) in [4.78, 5) is 32.2. The van der Waals surface area contributed by atoms with Gasteiger partial charge in [-0.1, -0.05) is 43.3 Å². The highest BCUT2D eigenvalue weighted by Gasteiger charge is 2.41. The van der Waals surface area contributed by atoms with Gasteiger partial charge in [0.2, 0.25) is 0 Å². The van der Waals surface area contributed by atoms with Gasteiger partial charge in [-0.2, -0.15) is 0 Å². The SMILES string of the molecule is CC1CC(C)(C)N(C)c2cc(F)c(C=C3C(=O)N(c4ccccc4)C(=S)N(c4ccccc4)C3=O)cc21. The summed E-state index contributed by atoms with van der Waals surface area (Å²) >= 11 is 5.64. The van der Waals surface area contributed by atoms with Crippen molar-refractivity contribution in [2.45, 2.75) is 38.6 Å². The van der Waals surface area contributed by atoms with E-state index in [0.29, 0.717) is 11.4 Å². The van der Waals surface area contributed by atoms with Crippen LogP contribution < -0.4 is 14.7 Å². The van der Waals surface area contributed by atoms with Gasteiger partial charge in [-0.3, -0.25) is 19.4 Å². The van der Waals surface area contributed by atoms with Crippen LogP contribution in [0.4, 0.5) is 21.5 Å². The van der Waals surface area contributed by atoms with E-state index in [1.807, 2.05) is 19.2 Å². The summed E-state index contributed by atoms with van der Waals surface area (Å²) in [6.45, 7) is 6.39. The van der Waals surface area contributed by atoms with Gasteiger partial charge >= 0.3 is 0 Å². The number of thiocarbonyl (C=S) groups is 1. The lowest BCUT2D eigenvalue weighted by Gasteiger charge is -2.45. The summed E-state index contributed by atoms with van der Waals surface area (Å²) in [5.41, 5.74) is 2.79. The summed E-state index contributed by atoms with van der Waals surface area (Å²) in [7, 11) is 1.97. The number of hydrogen-bond acceptors (Lipinski definition) is 4. The number of anilines is 3. The first-order chi connectivity index (χ1) is 17.6. The summed E-state index contributed by atoms with van der Waals surface area (Å²) in [6, 6.07) is 21.1. The largest absolute Gasteiger partial charge is 0.369 e. The molecule has 1 atom stereocenters. The normalized spacial score (nSPS) is 19.3. The monoisotopic (exact) mass is 513 g/mol. The standard InChI is InChI=1S/C30H28FN3O2S/c1-19-18-30(2,3)32(4)26-17-25(31)20(15-23(19)26)16-24-27(35)33(21-11-7-5-8-12-21)29(37)34(28(24)36)22-13-9-6-10-14-22/h5-17,19H,18H2,1-4H3. The molecule has 0 spiro atoms. The van der Waals surface area contributed by atoms with Crippen molar-refractivity contribution in [2.24, 2.45) is 0 Å². The third-order valence-corrected chi connectivity index (χ3v) is 7.70. The maximum absolute atomic E-state index is 15.5. The minimum atomic E-state index is -0.586. The lowest BCUT2D eigenvalue weighted by molar-refractivity contribution is -0.120. The van der Waals surface area contributed by atoms with E-state index in [1.165, 1.54) is 21.9 Å². The summed E-state index contributed by atoms with van der Waals surface area (Å²) in [6.07, 6.45) is 2.26. The van der Waals surface area contributed by atoms with Crippen LogP contribution in [-0.2, 0) is 9.59 Å². The van der Waals surface area contributed by atoms with E-state index in [2.05, 4.69) is 25.7 Å². The average Bonchev–Trinajstić information content (AvgIpc) is 2.87. The van der Waals surface area contributed by atoms with Crippen LogP contribution in [0.2, 0.25) is 0 Å². The van der Waals surface area contributed by atoms with Gasteiger partial charge in [0.1, 0.15) is 11.4 Å². The Hall–Kier alpha value is -3.84. The van der Waals surface area contributed by atoms with Gasteiger partial charge in [0.15, 0.2) is 5.11 Å². The number of nitrogens with zero attached hydrogens (tertiary/aromatic N) is 3. The van der Waals surface area contributed by atoms with Gasteiger partial charge in [0, 0.05) is 23.8 Å². The minimum Gasteiger partial charge on any atom is -0.369 e. The molecule has 2 heterocycles. The van der Waals surface area contributed by atoms with Crippen molar-refractivity contribution < 1.29 is 14.0 Å². The molecule has 2 aliphatic rings. The molecule has 37 heavy (non-hydrogen) atoms. The summed E-state index contributed by atoms with van der Waals surface area (Å²) in [5.74, 6) is -1.48. The molecule has 5 nitrogen and oxygen atoms in total. The molecular formula is C30H28FN3O2S. The maximum Gasteiger partial charge on any atom is 0.270 e. The van der Waals surface area contributed by atoms with E-state index in [9.17, 15) is 9.59 Å². The third kappa shape index (κ3) is 4.23. The zero-order valence-corrected chi connectivity index (χ0v) is 22.1. The van der Waals surface area contributed by atoms with Crippen molar-refractivity contribution >= 4 is 52.3 Å². The highest BCUT2D eigenvalue weighted by molar-refractivity contribution is 7.81. The molecule has 1 unspecified atom stereocenters. The van der Waals surface area contributed by atoms with Crippen molar-refractivity contribution in [2.75, 3.05) is 21.7 Å². The Bertz CT molecular complexity index is 1370. The van der Waals surface area contributed by atoms with Crippen molar-refractivity contribution in [3.63, 3.8) is 0 Å². The van der Waals surface area contributed by atoms with E-state index in [0.717, 1.165) is 17.7 Å². The Morgan fingerprint density at radius 3 is 1.95 bits per heavy atom. The van der Waals surface area contributed by atoms with Crippen LogP contribution in [-0.4, -0.2) is 29.5 Å². The van der Waals surface area contributed by atoms with Gasteiger partial charge in [-0.15, -0.1) is 0 Å². The van der Waals surface area contributed by atoms with Crippen molar-refractivity contribution in [1.29, 1.82) is 0 Å². The number of rotatable bonds is 3. The highest BCUT2D eigenvalue weighted by Crippen LogP contribution is 2.43. The number of para-hydroxylation sites is 2. The second-order valence-corrected chi connectivity index (χ2v) is 10.6. The summed E-state index contributed by atoms with van der Waals surface area (Å²) in [5, 5.41) is 0.0490. The lowest BCUT2D eigenvalue weighted by atomic mass is 9.80. The zero-order chi connectivity index (χ0) is 26.5. The fourth-order valence-electron chi connectivity index (χ4n) is 5.21. The molecule has 7 heteroatoms. The van der Waals surface area contributed by atoms with Crippen LogP contribution >= 0.6 is 12.2 Å². The molecule has 0 aromatic heterocycles. The fourth-order valence-corrected chi connectivity index (χ4v) is 5.59. The van der Waals surface area contributed by atoms with Crippen LogP contribution in [0.25, 0.3) is 6.08 Å². The van der Waals surface area contributed by atoms with Crippen LogP contribution in [0, 0.1) is 5.82 Å². The Morgan fingerprint density at radius 2 is 1.43 bits per heavy atom. The van der Waals surface area contributed by atoms with Gasteiger partial charge in [0.05, 0.1) is 11.4 Å².